The van der Waals surface area contributed by atoms with Crippen LogP contribution in [-0.2, 0) is 4.79 Å². The van der Waals surface area contributed by atoms with Crippen molar-refractivity contribution in [3.8, 4) is 0 Å². The molecule has 0 saturated carbocycles. The highest BCUT2D eigenvalue weighted by molar-refractivity contribution is 7.10. The first-order valence-corrected chi connectivity index (χ1v) is 8.69. The number of nitrogens with one attached hydrogen (secondary N) is 2. The third-order valence-corrected chi connectivity index (χ3v) is 4.67. The minimum atomic E-state index is -1.61. The maximum absolute atomic E-state index is 13.7. The quantitative estimate of drug-likeness (QED) is 0.623. The molecular weight excluding hydrogens is 361 g/mol. The molecule has 1 aromatic heterocycles. The molecule has 1 amide bonds. The number of anilines is 1. The molecular formula is C19H15F3N2OS. The van der Waals surface area contributed by atoms with E-state index in [9.17, 15) is 18.0 Å². The molecule has 0 aliphatic rings. The van der Waals surface area contributed by atoms with Crippen LogP contribution in [0.1, 0.15) is 16.5 Å². The fraction of sp³-hybridized carbons (Fsp3) is 0.105. The first kappa shape index (κ1) is 18.2. The fourth-order valence-electron chi connectivity index (χ4n) is 2.50. The minimum absolute atomic E-state index is 0.129. The Morgan fingerprint density at radius 1 is 0.962 bits per heavy atom. The van der Waals surface area contributed by atoms with E-state index in [0.29, 0.717) is 0 Å². The average molecular weight is 376 g/mol. The van der Waals surface area contributed by atoms with E-state index in [1.54, 1.807) is 11.3 Å². The van der Waals surface area contributed by atoms with E-state index in [2.05, 4.69) is 10.6 Å². The van der Waals surface area contributed by atoms with Gasteiger partial charge >= 0.3 is 0 Å². The van der Waals surface area contributed by atoms with Crippen LogP contribution < -0.4 is 10.6 Å². The second-order valence-electron chi connectivity index (χ2n) is 5.51. The van der Waals surface area contributed by atoms with Crippen molar-refractivity contribution in [2.75, 3.05) is 11.9 Å². The molecule has 2 aromatic carbocycles. The molecule has 0 spiro atoms. The maximum Gasteiger partial charge on any atom is 0.238 e. The summed E-state index contributed by atoms with van der Waals surface area (Å²) >= 11 is 1.54. The van der Waals surface area contributed by atoms with E-state index < -0.39 is 29.0 Å². The van der Waals surface area contributed by atoms with Crippen molar-refractivity contribution in [3.05, 3.63) is 87.9 Å². The molecule has 0 saturated heterocycles. The van der Waals surface area contributed by atoms with Crippen LogP contribution in [-0.4, -0.2) is 12.5 Å². The Labute approximate surface area is 152 Å². The van der Waals surface area contributed by atoms with Gasteiger partial charge in [0.1, 0.15) is 0 Å². The van der Waals surface area contributed by atoms with E-state index >= 15 is 0 Å². The number of carbonyl (C=O) groups excluding carboxylic acids is 1. The summed E-state index contributed by atoms with van der Waals surface area (Å²) in [4.78, 5) is 13.1. The molecule has 2 N–H and O–H groups in total. The van der Waals surface area contributed by atoms with Crippen LogP contribution in [0.3, 0.4) is 0 Å². The van der Waals surface area contributed by atoms with Crippen LogP contribution in [0.2, 0.25) is 0 Å². The largest absolute Gasteiger partial charge is 0.322 e. The smallest absolute Gasteiger partial charge is 0.238 e. The maximum atomic E-state index is 13.7. The van der Waals surface area contributed by atoms with Gasteiger partial charge in [0.15, 0.2) is 17.5 Å². The van der Waals surface area contributed by atoms with Gasteiger partial charge in [-0.05, 0) is 29.1 Å². The standard InChI is InChI=1S/C19H15F3N2OS/c20-13-8-9-14(18(22)17(13)21)24-16(25)11-23-19(15-7-4-10-26-15)12-5-2-1-3-6-12/h1-10,19,23H,11H2,(H,24,25)/t19-/m0/s1. The summed E-state index contributed by atoms with van der Waals surface area (Å²) in [6, 6.07) is 15.0. The van der Waals surface area contributed by atoms with Crippen LogP contribution in [0, 0.1) is 17.5 Å². The van der Waals surface area contributed by atoms with Crippen molar-refractivity contribution in [2.24, 2.45) is 0 Å². The Kier molecular flexibility index (Phi) is 5.70. The molecule has 26 heavy (non-hydrogen) atoms. The Morgan fingerprint density at radius 3 is 2.42 bits per heavy atom. The number of rotatable bonds is 6. The average Bonchev–Trinajstić information content (AvgIpc) is 3.18. The summed E-state index contributed by atoms with van der Waals surface area (Å²) in [6.45, 7) is -0.129. The minimum Gasteiger partial charge on any atom is -0.322 e. The molecule has 3 nitrogen and oxygen atoms in total. The molecule has 0 bridgehead atoms. The lowest BCUT2D eigenvalue weighted by atomic mass is 10.1. The van der Waals surface area contributed by atoms with Gasteiger partial charge in [0.2, 0.25) is 5.91 Å². The van der Waals surface area contributed by atoms with Crippen LogP contribution in [0.5, 0.6) is 0 Å². The third-order valence-electron chi connectivity index (χ3n) is 3.74. The number of hydrogen-bond donors (Lipinski definition) is 2. The summed E-state index contributed by atoms with van der Waals surface area (Å²) in [5.41, 5.74) is 0.574. The van der Waals surface area contributed by atoms with Gasteiger partial charge in [-0.2, -0.15) is 0 Å². The molecule has 0 aliphatic heterocycles. The number of halogens is 3. The molecule has 3 aromatic rings. The SMILES string of the molecule is O=C(CN[C@@H](c1ccccc1)c1cccs1)Nc1ccc(F)c(F)c1F. The Bertz CT molecular complexity index is 885. The highest BCUT2D eigenvalue weighted by Gasteiger charge is 2.18. The van der Waals surface area contributed by atoms with Crippen LogP contribution in [0.25, 0.3) is 0 Å². The normalized spacial score (nSPS) is 12.0. The topological polar surface area (TPSA) is 41.1 Å². The molecule has 7 heteroatoms. The van der Waals surface area contributed by atoms with Crippen LogP contribution in [0.4, 0.5) is 18.9 Å². The second kappa shape index (κ2) is 8.16. The molecule has 1 heterocycles. The fourth-order valence-corrected chi connectivity index (χ4v) is 3.32. The van der Waals surface area contributed by atoms with Crippen molar-refractivity contribution in [3.63, 3.8) is 0 Å². The zero-order valence-electron chi connectivity index (χ0n) is 13.5. The zero-order chi connectivity index (χ0) is 18.5. The Hall–Kier alpha value is -2.64. The summed E-state index contributed by atoms with van der Waals surface area (Å²) in [6.07, 6.45) is 0. The van der Waals surface area contributed by atoms with Gasteiger partial charge in [0.05, 0.1) is 18.3 Å². The van der Waals surface area contributed by atoms with Gasteiger partial charge in [0, 0.05) is 4.88 Å². The summed E-state index contributed by atoms with van der Waals surface area (Å²) in [5.74, 6) is -4.90. The number of thiophene rings is 1. The lowest BCUT2D eigenvalue weighted by Gasteiger charge is -2.18. The first-order chi connectivity index (χ1) is 12.6. The Morgan fingerprint density at radius 2 is 1.73 bits per heavy atom. The Balaban J connectivity index is 1.70. The summed E-state index contributed by atoms with van der Waals surface area (Å²) in [7, 11) is 0. The second-order valence-corrected chi connectivity index (χ2v) is 6.49. The molecule has 0 unspecified atom stereocenters. The van der Waals surface area contributed by atoms with Crippen LogP contribution in [0.15, 0.2) is 60.0 Å². The van der Waals surface area contributed by atoms with Gasteiger partial charge in [-0.3, -0.25) is 10.1 Å². The molecule has 0 aliphatic carbocycles. The first-order valence-electron chi connectivity index (χ1n) is 7.81. The van der Waals surface area contributed by atoms with Crippen LogP contribution >= 0.6 is 11.3 Å². The zero-order valence-corrected chi connectivity index (χ0v) is 14.3. The highest BCUT2D eigenvalue weighted by atomic mass is 32.1. The molecule has 134 valence electrons. The number of carbonyl (C=O) groups is 1. The van der Waals surface area contributed by atoms with E-state index in [-0.39, 0.29) is 12.6 Å². The van der Waals surface area contributed by atoms with Crippen molar-refractivity contribution < 1.29 is 18.0 Å². The van der Waals surface area contributed by atoms with Crippen molar-refractivity contribution >= 4 is 22.9 Å². The predicted molar refractivity (Wildman–Crippen MR) is 95.6 cm³/mol. The molecule has 0 fully saturated rings. The predicted octanol–water partition coefficient (Wildman–Crippen LogP) is 4.48. The number of benzene rings is 2. The van der Waals surface area contributed by atoms with Gasteiger partial charge in [-0.25, -0.2) is 13.2 Å². The van der Waals surface area contributed by atoms with Crippen molar-refractivity contribution in [2.45, 2.75) is 6.04 Å². The highest BCUT2D eigenvalue weighted by Crippen LogP contribution is 2.26. The van der Waals surface area contributed by atoms with Gasteiger partial charge in [0.25, 0.3) is 0 Å². The monoisotopic (exact) mass is 376 g/mol. The van der Waals surface area contributed by atoms with E-state index in [0.717, 1.165) is 22.6 Å². The van der Waals surface area contributed by atoms with E-state index in [1.165, 1.54) is 0 Å². The summed E-state index contributed by atoms with van der Waals surface area (Å²) in [5, 5.41) is 7.30. The van der Waals surface area contributed by atoms with E-state index in [1.807, 2.05) is 47.8 Å². The van der Waals surface area contributed by atoms with Crippen molar-refractivity contribution in [1.82, 2.24) is 5.32 Å². The van der Waals surface area contributed by atoms with Crippen molar-refractivity contribution in [1.29, 1.82) is 0 Å². The molecule has 1 atom stereocenters. The van der Waals surface area contributed by atoms with Gasteiger partial charge in [-0.15, -0.1) is 11.3 Å². The number of amides is 1. The molecule has 3 rings (SSSR count). The number of hydrogen-bond acceptors (Lipinski definition) is 3. The lowest BCUT2D eigenvalue weighted by Crippen LogP contribution is -2.31. The van der Waals surface area contributed by atoms with Gasteiger partial charge < -0.3 is 5.32 Å². The summed E-state index contributed by atoms with van der Waals surface area (Å²) < 4.78 is 39.9. The third kappa shape index (κ3) is 4.12. The van der Waals surface area contributed by atoms with Gasteiger partial charge in [-0.1, -0.05) is 36.4 Å². The van der Waals surface area contributed by atoms with E-state index in [4.69, 9.17) is 0 Å². The molecule has 0 radical (unpaired) electrons. The lowest BCUT2D eigenvalue weighted by molar-refractivity contribution is -0.115.